The van der Waals surface area contributed by atoms with Crippen molar-refractivity contribution in [3.63, 3.8) is 0 Å². The summed E-state index contributed by atoms with van der Waals surface area (Å²) in [6, 6.07) is 12.6. The van der Waals surface area contributed by atoms with Crippen LogP contribution in [0.3, 0.4) is 0 Å². The molecule has 0 saturated heterocycles. The molecule has 0 unspecified atom stereocenters. The second-order valence-corrected chi connectivity index (χ2v) is 7.46. The van der Waals surface area contributed by atoms with Crippen molar-refractivity contribution in [2.24, 2.45) is 5.14 Å². The number of benzene rings is 2. The summed E-state index contributed by atoms with van der Waals surface area (Å²) in [5, 5.41) is 7.83. The van der Waals surface area contributed by atoms with Crippen LogP contribution in [0.2, 0.25) is 0 Å². The van der Waals surface area contributed by atoms with E-state index in [1.165, 1.54) is 24.3 Å². The third-order valence-electron chi connectivity index (χ3n) is 3.82. The first-order valence-corrected chi connectivity index (χ1v) is 9.65. The van der Waals surface area contributed by atoms with Crippen molar-refractivity contribution in [3.05, 3.63) is 71.0 Å². The van der Waals surface area contributed by atoms with E-state index in [4.69, 9.17) is 5.14 Å². The highest BCUT2D eigenvalue weighted by molar-refractivity contribution is 7.89. The molecule has 26 heavy (non-hydrogen) atoms. The standard InChI is InChI=1S/C19H21FN2O3S/c1-14(13-16-6-2-3-7-18(16)20)19(23)22-12-4-5-15-8-10-17(11-9-15)26(21,24)25/h2-3,6-11,13H,4-5,12H2,1H3,(H,22,23)(H2,21,24,25)/b14-13+. The van der Waals surface area contributed by atoms with E-state index in [1.807, 2.05) is 0 Å². The molecule has 0 heterocycles. The van der Waals surface area contributed by atoms with Gasteiger partial charge in [-0.05, 0) is 49.6 Å². The summed E-state index contributed by atoms with van der Waals surface area (Å²) in [5.41, 5.74) is 1.74. The van der Waals surface area contributed by atoms with E-state index in [2.05, 4.69) is 5.32 Å². The molecule has 2 aromatic rings. The number of aryl methyl sites for hydroxylation is 1. The second-order valence-electron chi connectivity index (χ2n) is 5.90. The van der Waals surface area contributed by atoms with Crippen LogP contribution in [0, 0.1) is 5.82 Å². The fourth-order valence-electron chi connectivity index (χ4n) is 2.37. The number of amides is 1. The molecule has 0 aromatic heterocycles. The molecule has 0 radical (unpaired) electrons. The Morgan fingerprint density at radius 1 is 1.15 bits per heavy atom. The Hall–Kier alpha value is -2.51. The normalized spacial score (nSPS) is 12.0. The minimum atomic E-state index is -3.68. The quantitative estimate of drug-likeness (QED) is 0.575. The van der Waals surface area contributed by atoms with E-state index in [0.29, 0.717) is 30.5 Å². The molecule has 0 atom stereocenters. The van der Waals surface area contributed by atoms with Crippen LogP contribution >= 0.6 is 0 Å². The maximum Gasteiger partial charge on any atom is 0.246 e. The van der Waals surface area contributed by atoms with Gasteiger partial charge >= 0.3 is 0 Å². The molecule has 2 aromatic carbocycles. The molecular weight excluding hydrogens is 355 g/mol. The van der Waals surface area contributed by atoms with Crippen molar-refractivity contribution < 1.29 is 17.6 Å². The van der Waals surface area contributed by atoms with E-state index >= 15 is 0 Å². The minimum Gasteiger partial charge on any atom is -0.352 e. The fourth-order valence-corrected chi connectivity index (χ4v) is 2.89. The lowest BCUT2D eigenvalue weighted by atomic mass is 10.1. The highest BCUT2D eigenvalue weighted by Crippen LogP contribution is 2.12. The molecule has 7 heteroatoms. The molecule has 0 aliphatic rings. The van der Waals surface area contributed by atoms with Gasteiger partial charge in [-0.3, -0.25) is 4.79 Å². The minimum absolute atomic E-state index is 0.0726. The van der Waals surface area contributed by atoms with E-state index in [-0.39, 0.29) is 16.6 Å². The van der Waals surface area contributed by atoms with Crippen molar-refractivity contribution >= 4 is 22.0 Å². The van der Waals surface area contributed by atoms with Crippen molar-refractivity contribution in [3.8, 4) is 0 Å². The molecule has 5 nitrogen and oxygen atoms in total. The van der Waals surface area contributed by atoms with E-state index < -0.39 is 10.0 Å². The van der Waals surface area contributed by atoms with Crippen LogP contribution in [-0.4, -0.2) is 20.9 Å². The maximum absolute atomic E-state index is 13.6. The molecular formula is C19H21FN2O3S. The highest BCUT2D eigenvalue weighted by Gasteiger charge is 2.07. The van der Waals surface area contributed by atoms with Crippen LogP contribution in [0.15, 0.2) is 59.0 Å². The topological polar surface area (TPSA) is 89.3 Å². The second kappa shape index (κ2) is 8.73. The molecule has 0 aliphatic carbocycles. The average Bonchev–Trinajstić information content (AvgIpc) is 2.60. The first-order chi connectivity index (χ1) is 12.3. The summed E-state index contributed by atoms with van der Waals surface area (Å²) in [6.45, 7) is 2.09. The lowest BCUT2D eigenvalue weighted by Crippen LogP contribution is -2.25. The van der Waals surface area contributed by atoms with E-state index in [9.17, 15) is 17.6 Å². The van der Waals surface area contributed by atoms with Gasteiger partial charge in [-0.1, -0.05) is 30.3 Å². The predicted octanol–water partition coefficient (Wildman–Crippen LogP) is 2.63. The number of nitrogens with one attached hydrogen (secondary N) is 1. The molecule has 1 amide bonds. The molecule has 2 rings (SSSR count). The van der Waals surface area contributed by atoms with E-state index in [1.54, 1.807) is 37.3 Å². The summed E-state index contributed by atoms with van der Waals surface area (Å²) >= 11 is 0. The number of hydrogen-bond donors (Lipinski definition) is 2. The summed E-state index contributed by atoms with van der Waals surface area (Å²) in [6.07, 6.45) is 2.88. The number of carbonyl (C=O) groups is 1. The number of rotatable bonds is 7. The van der Waals surface area contributed by atoms with Gasteiger partial charge in [0.25, 0.3) is 0 Å². The smallest absolute Gasteiger partial charge is 0.246 e. The Balaban J connectivity index is 1.82. The van der Waals surface area contributed by atoms with Crippen LogP contribution in [0.5, 0.6) is 0 Å². The summed E-state index contributed by atoms with van der Waals surface area (Å²) in [5.74, 6) is -0.625. The van der Waals surface area contributed by atoms with Crippen LogP contribution in [0.1, 0.15) is 24.5 Å². The van der Waals surface area contributed by atoms with Gasteiger partial charge in [-0.2, -0.15) is 0 Å². The largest absolute Gasteiger partial charge is 0.352 e. The molecule has 3 N–H and O–H groups in total. The Morgan fingerprint density at radius 2 is 1.81 bits per heavy atom. The van der Waals surface area contributed by atoms with Gasteiger partial charge in [-0.25, -0.2) is 17.9 Å². The third kappa shape index (κ3) is 5.79. The van der Waals surface area contributed by atoms with Gasteiger partial charge in [0, 0.05) is 17.7 Å². The number of primary sulfonamides is 1. The Labute approximate surface area is 152 Å². The van der Waals surface area contributed by atoms with Crippen LogP contribution in [-0.2, 0) is 21.2 Å². The molecule has 138 valence electrons. The monoisotopic (exact) mass is 376 g/mol. The Morgan fingerprint density at radius 3 is 2.42 bits per heavy atom. The van der Waals surface area contributed by atoms with Crippen molar-refractivity contribution in [2.75, 3.05) is 6.54 Å². The number of sulfonamides is 1. The number of halogens is 1. The molecule has 0 saturated carbocycles. The fraction of sp³-hybridized carbons (Fsp3) is 0.211. The van der Waals surface area contributed by atoms with Gasteiger partial charge in [0.1, 0.15) is 5.82 Å². The zero-order chi connectivity index (χ0) is 19.2. The van der Waals surface area contributed by atoms with E-state index in [0.717, 1.165) is 5.56 Å². The third-order valence-corrected chi connectivity index (χ3v) is 4.74. The van der Waals surface area contributed by atoms with Gasteiger partial charge in [-0.15, -0.1) is 0 Å². The predicted molar refractivity (Wildman–Crippen MR) is 99.2 cm³/mol. The number of carbonyl (C=O) groups excluding carboxylic acids is 1. The summed E-state index contributed by atoms with van der Waals surface area (Å²) in [4.78, 5) is 12.1. The van der Waals surface area contributed by atoms with Gasteiger partial charge in [0.2, 0.25) is 15.9 Å². The number of hydrogen-bond acceptors (Lipinski definition) is 3. The molecule has 0 spiro atoms. The average molecular weight is 376 g/mol. The van der Waals surface area contributed by atoms with Crippen molar-refractivity contribution in [2.45, 2.75) is 24.7 Å². The highest BCUT2D eigenvalue weighted by atomic mass is 32.2. The van der Waals surface area contributed by atoms with Gasteiger partial charge < -0.3 is 5.32 Å². The SMILES string of the molecule is C/C(=C\c1ccccc1F)C(=O)NCCCc1ccc(S(N)(=O)=O)cc1. The first-order valence-electron chi connectivity index (χ1n) is 8.10. The zero-order valence-electron chi connectivity index (χ0n) is 14.4. The van der Waals surface area contributed by atoms with Gasteiger partial charge in [0.05, 0.1) is 4.90 Å². The van der Waals surface area contributed by atoms with Crippen LogP contribution in [0.25, 0.3) is 6.08 Å². The van der Waals surface area contributed by atoms with Gasteiger partial charge in [0.15, 0.2) is 0 Å². The maximum atomic E-state index is 13.6. The molecule has 0 bridgehead atoms. The molecule has 0 aliphatic heterocycles. The van der Waals surface area contributed by atoms with Crippen LogP contribution < -0.4 is 10.5 Å². The Bertz CT molecular complexity index is 907. The zero-order valence-corrected chi connectivity index (χ0v) is 15.2. The summed E-state index contributed by atoms with van der Waals surface area (Å²) in [7, 11) is -3.68. The molecule has 0 fully saturated rings. The van der Waals surface area contributed by atoms with Crippen LogP contribution in [0.4, 0.5) is 4.39 Å². The van der Waals surface area contributed by atoms with Crippen molar-refractivity contribution in [1.29, 1.82) is 0 Å². The summed E-state index contributed by atoms with van der Waals surface area (Å²) < 4.78 is 36.0. The first kappa shape index (κ1) is 19.8. The number of nitrogens with two attached hydrogens (primary N) is 1. The lowest BCUT2D eigenvalue weighted by molar-refractivity contribution is -0.117. The Kier molecular flexibility index (Phi) is 6.65. The lowest BCUT2D eigenvalue weighted by Gasteiger charge is -2.07. The van der Waals surface area contributed by atoms with Crippen molar-refractivity contribution in [1.82, 2.24) is 5.32 Å².